The minimum absolute atomic E-state index is 0.0111. The van der Waals surface area contributed by atoms with E-state index in [0.29, 0.717) is 12.8 Å². The molecule has 7 nitrogen and oxygen atoms in total. The van der Waals surface area contributed by atoms with Gasteiger partial charge in [0.15, 0.2) is 0 Å². The van der Waals surface area contributed by atoms with E-state index in [2.05, 4.69) is 10.0 Å². The summed E-state index contributed by atoms with van der Waals surface area (Å²) in [5.74, 6) is -0.895. The van der Waals surface area contributed by atoms with Gasteiger partial charge in [-0.3, -0.25) is 4.79 Å². The topological polar surface area (TPSA) is 102 Å². The molecule has 8 heteroatoms. The van der Waals surface area contributed by atoms with Gasteiger partial charge in [-0.05, 0) is 50.8 Å². The Hall–Kier alpha value is -1.93. The van der Waals surface area contributed by atoms with Gasteiger partial charge in [0.05, 0.1) is 11.5 Å². The summed E-state index contributed by atoms with van der Waals surface area (Å²) in [6.07, 6.45) is 4.39. The second-order valence-corrected chi connectivity index (χ2v) is 8.60. The number of amides is 1. The van der Waals surface area contributed by atoms with E-state index >= 15 is 0 Å². The Morgan fingerprint density at radius 2 is 1.92 bits per heavy atom. The number of hydrogen-bond donors (Lipinski definition) is 2. The average molecular weight is 380 g/mol. The lowest BCUT2D eigenvalue weighted by Crippen LogP contribution is -2.53. The Morgan fingerprint density at radius 3 is 2.54 bits per heavy atom. The van der Waals surface area contributed by atoms with Gasteiger partial charge in [0, 0.05) is 11.6 Å². The number of ether oxygens (including phenoxy) is 1. The first-order valence-electron chi connectivity index (χ1n) is 8.98. The maximum absolute atomic E-state index is 12.7. The van der Waals surface area contributed by atoms with Crippen LogP contribution in [0.15, 0.2) is 29.2 Å². The lowest BCUT2D eigenvalue weighted by atomic mass is 9.97. The van der Waals surface area contributed by atoms with Gasteiger partial charge in [-0.1, -0.05) is 18.9 Å². The van der Waals surface area contributed by atoms with E-state index in [-0.39, 0.29) is 23.1 Å². The Kier molecular flexibility index (Phi) is 5.34. The Labute approximate surface area is 153 Å². The average Bonchev–Trinajstić information content (AvgIpc) is 3.28. The highest BCUT2D eigenvalue weighted by atomic mass is 32.2. The predicted octanol–water partition coefficient (Wildman–Crippen LogP) is 1.73. The summed E-state index contributed by atoms with van der Waals surface area (Å²) in [6, 6.07) is 5.86. The molecular formula is C18H24N2O5S. The Bertz CT molecular complexity index is 796. The van der Waals surface area contributed by atoms with Crippen LogP contribution in [0.1, 0.15) is 55.8 Å². The van der Waals surface area contributed by atoms with E-state index < -0.39 is 27.4 Å². The Morgan fingerprint density at radius 1 is 1.23 bits per heavy atom. The standard InChI is InChI=1S/C18H24N2O5S/c1-2-25-17(22)18(10-3-4-11-18)19-16(21)13-6-5-7-15(12-13)26(23,24)20-14-8-9-14/h5-7,12,14,20H,2-4,8-11H2,1H3,(H,19,21). The minimum Gasteiger partial charge on any atom is -0.464 e. The van der Waals surface area contributed by atoms with Crippen LogP contribution in [0.2, 0.25) is 0 Å². The van der Waals surface area contributed by atoms with Gasteiger partial charge in [-0.15, -0.1) is 0 Å². The summed E-state index contributed by atoms with van der Waals surface area (Å²) >= 11 is 0. The SMILES string of the molecule is CCOC(=O)C1(NC(=O)c2cccc(S(=O)(=O)NC3CC3)c2)CCCC1. The van der Waals surface area contributed by atoms with Crippen molar-refractivity contribution in [1.29, 1.82) is 0 Å². The van der Waals surface area contributed by atoms with Crippen LogP contribution in [0, 0.1) is 0 Å². The van der Waals surface area contributed by atoms with E-state index in [0.717, 1.165) is 25.7 Å². The molecule has 0 bridgehead atoms. The summed E-state index contributed by atoms with van der Waals surface area (Å²) in [7, 11) is -3.64. The number of hydrogen-bond acceptors (Lipinski definition) is 5. The minimum atomic E-state index is -3.64. The molecule has 142 valence electrons. The number of esters is 1. The van der Waals surface area contributed by atoms with E-state index in [4.69, 9.17) is 4.74 Å². The van der Waals surface area contributed by atoms with Crippen LogP contribution >= 0.6 is 0 Å². The van der Waals surface area contributed by atoms with Crippen molar-refractivity contribution in [3.63, 3.8) is 0 Å². The number of benzene rings is 1. The maximum Gasteiger partial charge on any atom is 0.331 e. The molecule has 2 N–H and O–H groups in total. The fraction of sp³-hybridized carbons (Fsp3) is 0.556. The molecule has 0 spiro atoms. The highest BCUT2D eigenvalue weighted by molar-refractivity contribution is 7.89. The maximum atomic E-state index is 12.7. The second-order valence-electron chi connectivity index (χ2n) is 6.89. The largest absolute Gasteiger partial charge is 0.464 e. The van der Waals surface area contributed by atoms with Crippen molar-refractivity contribution in [2.75, 3.05) is 6.61 Å². The van der Waals surface area contributed by atoms with Gasteiger partial charge in [-0.25, -0.2) is 17.9 Å². The van der Waals surface area contributed by atoms with E-state index in [1.807, 2.05) is 0 Å². The van der Waals surface area contributed by atoms with Gasteiger partial charge >= 0.3 is 5.97 Å². The van der Waals surface area contributed by atoms with Gasteiger partial charge in [-0.2, -0.15) is 0 Å². The molecular weight excluding hydrogens is 356 g/mol. The molecule has 0 radical (unpaired) electrons. The summed E-state index contributed by atoms with van der Waals surface area (Å²) in [6.45, 7) is 1.97. The molecule has 2 saturated carbocycles. The molecule has 26 heavy (non-hydrogen) atoms. The molecule has 0 aliphatic heterocycles. The molecule has 3 rings (SSSR count). The molecule has 0 aromatic heterocycles. The molecule has 2 aliphatic carbocycles. The number of carbonyl (C=O) groups is 2. The van der Waals surface area contributed by atoms with Crippen LogP contribution in [0.3, 0.4) is 0 Å². The van der Waals surface area contributed by atoms with Crippen molar-refractivity contribution in [1.82, 2.24) is 10.0 Å². The molecule has 1 aromatic carbocycles. The molecule has 1 amide bonds. The quantitative estimate of drug-likeness (QED) is 0.702. The van der Waals surface area contributed by atoms with Crippen LogP contribution < -0.4 is 10.0 Å². The summed E-state index contributed by atoms with van der Waals surface area (Å²) in [5.41, 5.74) is -0.812. The summed E-state index contributed by atoms with van der Waals surface area (Å²) < 4.78 is 32.4. The molecule has 0 saturated heterocycles. The number of nitrogens with one attached hydrogen (secondary N) is 2. The predicted molar refractivity (Wildman–Crippen MR) is 95.1 cm³/mol. The van der Waals surface area contributed by atoms with Crippen molar-refractivity contribution in [3.05, 3.63) is 29.8 Å². The van der Waals surface area contributed by atoms with Gasteiger partial charge in [0.2, 0.25) is 10.0 Å². The van der Waals surface area contributed by atoms with Crippen LogP contribution in [0.25, 0.3) is 0 Å². The normalized spacial score (nSPS) is 19.1. The van der Waals surface area contributed by atoms with Gasteiger partial charge < -0.3 is 10.1 Å². The van der Waals surface area contributed by atoms with Crippen molar-refractivity contribution in [3.8, 4) is 0 Å². The third-order valence-electron chi connectivity index (χ3n) is 4.78. The van der Waals surface area contributed by atoms with Crippen molar-refractivity contribution in [2.24, 2.45) is 0 Å². The molecule has 0 unspecified atom stereocenters. The first-order chi connectivity index (χ1) is 12.4. The first-order valence-corrected chi connectivity index (χ1v) is 10.5. The van der Waals surface area contributed by atoms with Crippen LogP contribution in [0.4, 0.5) is 0 Å². The molecule has 2 fully saturated rings. The lowest BCUT2D eigenvalue weighted by molar-refractivity contribution is -0.150. The number of rotatable bonds is 7. The van der Waals surface area contributed by atoms with Crippen molar-refractivity contribution < 1.29 is 22.7 Å². The molecule has 2 aliphatic rings. The fourth-order valence-electron chi connectivity index (χ4n) is 3.21. The Balaban J connectivity index is 1.79. The smallest absolute Gasteiger partial charge is 0.331 e. The fourth-order valence-corrected chi connectivity index (χ4v) is 4.56. The van der Waals surface area contributed by atoms with Crippen molar-refractivity contribution in [2.45, 2.75) is 61.9 Å². The molecule has 0 atom stereocenters. The van der Waals surface area contributed by atoms with E-state index in [9.17, 15) is 18.0 Å². The first kappa shape index (κ1) is 18.8. The highest BCUT2D eigenvalue weighted by Crippen LogP contribution is 2.31. The van der Waals surface area contributed by atoms with Crippen molar-refractivity contribution >= 4 is 21.9 Å². The number of carbonyl (C=O) groups excluding carboxylic acids is 2. The summed E-state index contributed by atoms with van der Waals surface area (Å²) in [5, 5.41) is 2.80. The molecule has 1 aromatic rings. The highest BCUT2D eigenvalue weighted by Gasteiger charge is 2.44. The van der Waals surface area contributed by atoms with Gasteiger partial charge in [0.25, 0.3) is 5.91 Å². The third-order valence-corrected chi connectivity index (χ3v) is 6.30. The van der Waals surface area contributed by atoms with E-state index in [1.54, 1.807) is 13.0 Å². The van der Waals surface area contributed by atoms with Crippen LogP contribution in [0.5, 0.6) is 0 Å². The van der Waals surface area contributed by atoms with Crippen LogP contribution in [-0.4, -0.2) is 38.5 Å². The zero-order chi connectivity index (χ0) is 18.8. The summed E-state index contributed by atoms with van der Waals surface area (Å²) in [4.78, 5) is 25.1. The molecule has 0 heterocycles. The van der Waals surface area contributed by atoms with E-state index in [1.165, 1.54) is 18.2 Å². The zero-order valence-electron chi connectivity index (χ0n) is 14.8. The second kappa shape index (κ2) is 7.36. The van der Waals surface area contributed by atoms with Crippen LogP contribution in [-0.2, 0) is 19.6 Å². The monoisotopic (exact) mass is 380 g/mol. The zero-order valence-corrected chi connectivity index (χ0v) is 15.6. The number of sulfonamides is 1. The van der Waals surface area contributed by atoms with Gasteiger partial charge in [0.1, 0.15) is 5.54 Å². The third kappa shape index (κ3) is 4.07. The lowest BCUT2D eigenvalue weighted by Gasteiger charge is -2.27.